The van der Waals surface area contributed by atoms with Gasteiger partial charge in [-0.1, -0.05) is 0 Å². The highest BCUT2D eigenvalue weighted by Crippen LogP contribution is 2.34. The molecule has 1 aliphatic rings. The van der Waals surface area contributed by atoms with Crippen molar-refractivity contribution in [2.24, 2.45) is 0 Å². The highest BCUT2D eigenvalue weighted by Gasteiger charge is 2.35. The van der Waals surface area contributed by atoms with Gasteiger partial charge in [0.25, 0.3) is 0 Å². The van der Waals surface area contributed by atoms with Crippen molar-refractivity contribution in [3.05, 3.63) is 22.8 Å². The maximum absolute atomic E-state index is 13.3. The van der Waals surface area contributed by atoms with Crippen molar-refractivity contribution in [2.45, 2.75) is 57.6 Å². The van der Waals surface area contributed by atoms with E-state index >= 15 is 0 Å². The maximum Gasteiger partial charge on any atom is 0.248 e. The van der Waals surface area contributed by atoms with Crippen molar-refractivity contribution in [3.63, 3.8) is 0 Å². The number of rotatable bonds is 4. The minimum absolute atomic E-state index is 0.0488. The Hall–Kier alpha value is -1.67. The van der Waals surface area contributed by atoms with Crippen LogP contribution in [0.15, 0.2) is 11.4 Å². The van der Waals surface area contributed by atoms with E-state index in [9.17, 15) is 13.9 Å². The molecule has 0 saturated heterocycles. The summed E-state index contributed by atoms with van der Waals surface area (Å²) in [6, 6.07) is 1.62. The van der Waals surface area contributed by atoms with E-state index in [-0.39, 0.29) is 18.9 Å². The van der Waals surface area contributed by atoms with Gasteiger partial charge in [0.2, 0.25) is 5.92 Å². The number of aliphatic hydroxyl groups excluding tert-OH is 1. The van der Waals surface area contributed by atoms with Crippen LogP contribution in [0.4, 0.5) is 14.6 Å². The lowest BCUT2D eigenvalue weighted by atomic mass is 9.92. The highest BCUT2D eigenvalue weighted by atomic mass is 32.1. The third kappa shape index (κ3) is 4.05. The summed E-state index contributed by atoms with van der Waals surface area (Å²) in [6.07, 6.45) is -0.182. The Kier molecular flexibility index (Phi) is 4.78. The van der Waals surface area contributed by atoms with E-state index in [0.29, 0.717) is 35.2 Å². The molecule has 0 bridgehead atoms. The number of aryl methyl sites for hydroxylation is 1. The average molecular weight is 354 g/mol. The van der Waals surface area contributed by atoms with Crippen LogP contribution in [0.2, 0.25) is 0 Å². The quantitative estimate of drug-likeness (QED) is 0.870. The fourth-order valence-electron chi connectivity index (χ4n) is 2.70. The fraction of sp³-hybridized carbons (Fsp3) is 0.562. The number of thiazole rings is 1. The normalized spacial score (nSPS) is 19.2. The fourth-order valence-corrected chi connectivity index (χ4v) is 3.43. The van der Waals surface area contributed by atoms with Crippen molar-refractivity contribution < 1.29 is 13.9 Å². The molecule has 1 atom stereocenters. The van der Waals surface area contributed by atoms with Crippen molar-refractivity contribution in [3.8, 4) is 10.8 Å². The summed E-state index contributed by atoms with van der Waals surface area (Å²) >= 11 is 1.43. The molecule has 0 aromatic carbocycles. The number of nitrogens with zero attached hydrogens (tertiary/aromatic N) is 3. The van der Waals surface area contributed by atoms with E-state index in [2.05, 4.69) is 20.3 Å². The molecule has 1 saturated carbocycles. The zero-order chi connectivity index (χ0) is 17.3. The first-order valence-corrected chi connectivity index (χ1v) is 8.84. The second-order valence-electron chi connectivity index (χ2n) is 6.25. The molecule has 5 nitrogen and oxygen atoms in total. The lowest BCUT2D eigenvalue weighted by molar-refractivity contribution is -0.0361. The first-order valence-electron chi connectivity index (χ1n) is 7.96. The van der Waals surface area contributed by atoms with Crippen LogP contribution in [-0.4, -0.2) is 32.0 Å². The number of aliphatic hydroxyl groups is 1. The Morgan fingerprint density at radius 3 is 2.58 bits per heavy atom. The van der Waals surface area contributed by atoms with E-state index < -0.39 is 12.0 Å². The molecule has 130 valence electrons. The van der Waals surface area contributed by atoms with Crippen LogP contribution >= 0.6 is 11.3 Å². The van der Waals surface area contributed by atoms with E-state index in [1.807, 2.05) is 12.3 Å². The van der Waals surface area contributed by atoms with Crippen molar-refractivity contribution in [1.29, 1.82) is 0 Å². The highest BCUT2D eigenvalue weighted by molar-refractivity contribution is 7.13. The number of nitrogens with one attached hydrogen (secondary N) is 1. The lowest BCUT2D eigenvalue weighted by Crippen LogP contribution is -2.32. The molecular weight excluding hydrogens is 334 g/mol. The largest absolute Gasteiger partial charge is 0.387 e. The van der Waals surface area contributed by atoms with Crippen LogP contribution in [0.1, 0.15) is 50.1 Å². The minimum atomic E-state index is -2.56. The topological polar surface area (TPSA) is 70.9 Å². The van der Waals surface area contributed by atoms with Gasteiger partial charge in [-0.05, 0) is 26.7 Å². The molecule has 0 spiro atoms. The molecule has 0 aliphatic heterocycles. The van der Waals surface area contributed by atoms with Gasteiger partial charge in [0.15, 0.2) is 10.8 Å². The molecule has 0 unspecified atom stereocenters. The van der Waals surface area contributed by atoms with Crippen LogP contribution in [0, 0.1) is 6.92 Å². The summed E-state index contributed by atoms with van der Waals surface area (Å²) in [5.74, 6) is -1.58. The van der Waals surface area contributed by atoms with Crippen LogP contribution in [0.3, 0.4) is 0 Å². The summed E-state index contributed by atoms with van der Waals surface area (Å²) in [4.78, 5) is 13.2. The van der Waals surface area contributed by atoms with Gasteiger partial charge in [0, 0.05) is 36.0 Å². The second-order valence-corrected chi connectivity index (χ2v) is 7.10. The number of alkyl halides is 2. The van der Waals surface area contributed by atoms with E-state index in [1.165, 1.54) is 11.3 Å². The predicted octanol–water partition coefficient (Wildman–Crippen LogP) is 3.95. The van der Waals surface area contributed by atoms with Crippen LogP contribution < -0.4 is 5.32 Å². The Bertz CT molecular complexity index is 710. The standard InChI is InChI=1S/C16H20F2N4OS/c1-9-8-24-15(19-9)14-21-12(10(2)23)7-13(22-14)20-11-3-5-16(17,18)6-4-11/h7-8,10-11,23H,3-6H2,1-2H3,(H,20,21,22)/t10-/m0/s1. The Morgan fingerprint density at radius 2 is 2.00 bits per heavy atom. The van der Waals surface area contributed by atoms with Crippen molar-refractivity contribution in [2.75, 3.05) is 5.32 Å². The molecule has 1 aliphatic carbocycles. The number of halogens is 2. The van der Waals surface area contributed by atoms with Gasteiger partial charge in [0.1, 0.15) is 5.82 Å². The van der Waals surface area contributed by atoms with Crippen LogP contribution in [-0.2, 0) is 0 Å². The van der Waals surface area contributed by atoms with Crippen molar-refractivity contribution >= 4 is 17.2 Å². The Labute approximate surface area is 143 Å². The smallest absolute Gasteiger partial charge is 0.248 e. The second kappa shape index (κ2) is 6.68. The summed E-state index contributed by atoms with van der Waals surface area (Å²) in [6.45, 7) is 3.52. The van der Waals surface area contributed by atoms with Crippen LogP contribution in [0.5, 0.6) is 0 Å². The molecular formula is C16H20F2N4OS. The van der Waals surface area contributed by atoms with Gasteiger partial charge < -0.3 is 10.4 Å². The maximum atomic E-state index is 13.3. The Balaban J connectivity index is 1.83. The Morgan fingerprint density at radius 1 is 1.29 bits per heavy atom. The third-order valence-electron chi connectivity index (χ3n) is 4.05. The molecule has 1 fully saturated rings. The molecule has 24 heavy (non-hydrogen) atoms. The molecule has 2 aromatic rings. The van der Waals surface area contributed by atoms with Crippen LogP contribution in [0.25, 0.3) is 10.8 Å². The number of aromatic nitrogens is 3. The molecule has 2 aromatic heterocycles. The summed E-state index contributed by atoms with van der Waals surface area (Å²) < 4.78 is 26.6. The molecule has 2 N–H and O–H groups in total. The van der Waals surface area contributed by atoms with Gasteiger partial charge >= 0.3 is 0 Å². The summed E-state index contributed by atoms with van der Waals surface area (Å²) in [5, 5.41) is 15.7. The SMILES string of the molecule is Cc1csc(-c2nc(NC3CCC(F)(F)CC3)cc([C@H](C)O)n2)n1. The molecule has 8 heteroatoms. The first-order chi connectivity index (χ1) is 11.3. The van der Waals surface area contributed by atoms with Gasteiger partial charge in [-0.2, -0.15) is 0 Å². The van der Waals surface area contributed by atoms with E-state index in [1.54, 1.807) is 13.0 Å². The van der Waals surface area contributed by atoms with E-state index in [0.717, 1.165) is 5.69 Å². The lowest BCUT2D eigenvalue weighted by Gasteiger charge is -2.29. The molecule has 2 heterocycles. The number of hydrogen-bond acceptors (Lipinski definition) is 6. The summed E-state index contributed by atoms with van der Waals surface area (Å²) in [5.41, 5.74) is 1.36. The number of anilines is 1. The first kappa shape index (κ1) is 17.2. The zero-order valence-corrected chi connectivity index (χ0v) is 14.4. The monoisotopic (exact) mass is 354 g/mol. The minimum Gasteiger partial charge on any atom is -0.387 e. The summed E-state index contributed by atoms with van der Waals surface area (Å²) in [7, 11) is 0. The van der Waals surface area contributed by atoms with Gasteiger partial charge in [0.05, 0.1) is 11.8 Å². The predicted molar refractivity (Wildman–Crippen MR) is 89.3 cm³/mol. The zero-order valence-electron chi connectivity index (χ0n) is 13.6. The van der Waals surface area contributed by atoms with Gasteiger partial charge in [-0.15, -0.1) is 11.3 Å². The number of hydrogen-bond donors (Lipinski definition) is 2. The molecule has 0 amide bonds. The van der Waals surface area contributed by atoms with E-state index in [4.69, 9.17) is 0 Å². The molecule has 0 radical (unpaired) electrons. The average Bonchev–Trinajstić information content (AvgIpc) is 2.96. The van der Waals surface area contributed by atoms with Crippen molar-refractivity contribution in [1.82, 2.24) is 15.0 Å². The third-order valence-corrected chi connectivity index (χ3v) is 5.01. The van der Waals surface area contributed by atoms with Gasteiger partial charge in [-0.3, -0.25) is 0 Å². The van der Waals surface area contributed by atoms with Gasteiger partial charge in [-0.25, -0.2) is 23.7 Å². The molecule has 3 rings (SSSR count).